The Labute approximate surface area is 198 Å². The van der Waals surface area contributed by atoms with E-state index >= 15 is 0 Å². The Morgan fingerprint density at radius 2 is 1.38 bits per heavy atom. The number of benzene rings is 2. The first kappa shape index (κ1) is 23.4. The number of hydrogen-bond donors (Lipinski definition) is 0. The highest BCUT2D eigenvalue weighted by Gasteiger charge is 2.50. The Morgan fingerprint density at radius 1 is 0.844 bits per heavy atom. The van der Waals surface area contributed by atoms with E-state index in [1.807, 2.05) is 0 Å². The maximum atomic E-state index is 2.67. The minimum absolute atomic E-state index is 0.386. The van der Waals surface area contributed by atoms with E-state index in [4.69, 9.17) is 0 Å². The minimum atomic E-state index is 0.386. The van der Waals surface area contributed by atoms with Gasteiger partial charge in [-0.05, 0) is 78.0 Å². The van der Waals surface area contributed by atoms with Gasteiger partial charge >= 0.3 is 0 Å². The van der Waals surface area contributed by atoms with Crippen LogP contribution in [0.5, 0.6) is 0 Å². The highest BCUT2D eigenvalue weighted by atomic mass is 14.5. The van der Waals surface area contributed by atoms with Crippen LogP contribution in [0.2, 0.25) is 5.82 Å². The first-order valence-corrected chi connectivity index (χ1v) is 13.1. The number of fused-ring (bicyclic) bond motifs is 2. The normalized spacial score (nSPS) is 22.5. The third kappa shape index (κ3) is 4.25. The molecule has 0 spiro atoms. The van der Waals surface area contributed by atoms with E-state index in [1.165, 1.54) is 78.3 Å². The first-order valence-electron chi connectivity index (χ1n) is 13.1. The number of unbranched alkanes of at least 4 members (excludes halogenated alkanes) is 2. The van der Waals surface area contributed by atoms with Gasteiger partial charge in [0.05, 0.1) is 0 Å². The van der Waals surface area contributed by atoms with Crippen molar-refractivity contribution in [1.82, 2.24) is 0 Å². The van der Waals surface area contributed by atoms with Crippen molar-refractivity contribution >= 4 is 17.6 Å². The summed E-state index contributed by atoms with van der Waals surface area (Å²) in [6.07, 6.45) is 14.7. The Kier molecular flexibility index (Phi) is 6.76. The van der Waals surface area contributed by atoms with Crippen molar-refractivity contribution in [3.8, 4) is 0 Å². The molecule has 2 aliphatic rings. The summed E-state index contributed by atoms with van der Waals surface area (Å²) in [7, 11) is 0. The summed E-state index contributed by atoms with van der Waals surface area (Å²) in [5.74, 6) is 1.50. The van der Waals surface area contributed by atoms with Gasteiger partial charge in [-0.15, -0.1) is 0 Å². The van der Waals surface area contributed by atoms with E-state index in [-0.39, 0.29) is 0 Å². The highest BCUT2D eigenvalue weighted by molar-refractivity contribution is 6.87. The molecule has 0 radical (unpaired) electrons. The lowest BCUT2D eigenvalue weighted by molar-refractivity contribution is 0.348. The number of allylic oxidation sites excluding steroid dienone is 2. The van der Waals surface area contributed by atoms with Crippen LogP contribution in [0, 0.1) is 52.9 Å². The van der Waals surface area contributed by atoms with Gasteiger partial charge in [-0.3, -0.25) is 0 Å². The fourth-order valence-electron chi connectivity index (χ4n) is 7.56. The summed E-state index contributed by atoms with van der Waals surface area (Å²) in [4.78, 5) is 0. The molecule has 2 bridgehead atoms. The Balaban J connectivity index is 1.94. The largest absolute Gasteiger partial charge is 0.214 e. The summed E-state index contributed by atoms with van der Waals surface area (Å²) in [5, 5.41) is 0. The van der Waals surface area contributed by atoms with Gasteiger partial charge in [0.2, 0.25) is 6.71 Å². The third-order valence-electron chi connectivity index (χ3n) is 8.68. The number of rotatable bonds is 8. The van der Waals surface area contributed by atoms with Crippen LogP contribution in [-0.4, -0.2) is 6.71 Å². The average molecular weight is 426 g/mol. The summed E-state index contributed by atoms with van der Waals surface area (Å²) in [6.45, 7) is 16.8. The number of hydrogen-bond acceptors (Lipinski definition) is 0. The molecular weight excluding hydrogens is 383 g/mol. The fourth-order valence-corrected chi connectivity index (χ4v) is 7.56. The molecular formula is C31H43B. The molecule has 1 fully saturated rings. The molecule has 32 heavy (non-hydrogen) atoms. The van der Waals surface area contributed by atoms with Gasteiger partial charge in [-0.2, -0.15) is 0 Å². The molecule has 0 nitrogen and oxygen atoms in total. The summed E-state index contributed by atoms with van der Waals surface area (Å²) in [6, 6.07) is 9.71. The molecule has 3 atom stereocenters. The molecule has 1 saturated carbocycles. The molecule has 0 N–H and O–H groups in total. The van der Waals surface area contributed by atoms with Crippen LogP contribution in [-0.2, 0) is 0 Å². The van der Waals surface area contributed by atoms with Crippen molar-refractivity contribution in [2.45, 2.75) is 99.2 Å². The molecule has 0 aliphatic heterocycles. The van der Waals surface area contributed by atoms with Crippen LogP contribution in [0.15, 0.2) is 36.4 Å². The lowest BCUT2D eigenvalue weighted by Crippen LogP contribution is -2.54. The molecule has 4 rings (SSSR count). The Morgan fingerprint density at radius 3 is 1.75 bits per heavy atom. The molecule has 2 aliphatic carbocycles. The van der Waals surface area contributed by atoms with Crippen LogP contribution in [0.4, 0.5) is 0 Å². The van der Waals surface area contributed by atoms with Crippen LogP contribution < -0.4 is 10.9 Å². The zero-order valence-corrected chi connectivity index (χ0v) is 21.6. The van der Waals surface area contributed by atoms with E-state index in [2.05, 4.69) is 84.9 Å². The van der Waals surface area contributed by atoms with Gasteiger partial charge in [0.1, 0.15) is 0 Å². The molecule has 0 saturated heterocycles. The zero-order chi connectivity index (χ0) is 23.0. The molecule has 0 heterocycles. The zero-order valence-electron chi connectivity index (χ0n) is 21.6. The predicted octanol–water partition coefficient (Wildman–Crippen LogP) is 7.45. The topological polar surface area (TPSA) is 0 Å². The monoisotopic (exact) mass is 426 g/mol. The SMILES string of the molecule is CCCCCC(B(c1c(C)cc(C)cc1C)c1c(C)cc(C)cc1C)C12C=CC(CC1)C2. The predicted molar refractivity (Wildman–Crippen MR) is 143 cm³/mol. The molecule has 0 aromatic heterocycles. The Hall–Kier alpha value is -1.76. The second-order valence-electron chi connectivity index (χ2n) is 11.3. The summed E-state index contributed by atoms with van der Waals surface area (Å²) < 4.78 is 0. The van der Waals surface area contributed by atoms with Gasteiger partial charge in [-0.25, -0.2) is 0 Å². The third-order valence-corrected chi connectivity index (χ3v) is 8.68. The average Bonchev–Trinajstić information content (AvgIpc) is 3.31. The van der Waals surface area contributed by atoms with Gasteiger partial charge in [0, 0.05) is 0 Å². The van der Waals surface area contributed by atoms with Gasteiger partial charge in [0.25, 0.3) is 0 Å². The molecule has 2 aromatic rings. The van der Waals surface area contributed by atoms with Crippen molar-refractivity contribution in [3.05, 3.63) is 69.8 Å². The highest BCUT2D eigenvalue weighted by Crippen LogP contribution is 2.58. The van der Waals surface area contributed by atoms with E-state index in [0.717, 1.165) is 5.92 Å². The molecule has 3 unspecified atom stereocenters. The first-order chi connectivity index (χ1) is 15.3. The van der Waals surface area contributed by atoms with E-state index in [1.54, 1.807) is 10.9 Å². The maximum Gasteiger partial charge on any atom is 0.214 e. The van der Waals surface area contributed by atoms with E-state index in [9.17, 15) is 0 Å². The molecule has 1 heteroatoms. The van der Waals surface area contributed by atoms with Crippen molar-refractivity contribution in [2.24, 2.45) is 11.3 Å². The van der Waals surface area contributed by atoms with Gasteiger partial charge in [-0.1, -0.05) is 113 Å². The minimum Gasteiger partial charge on any atom is -0.0848 e. The van der Waals surface area contributed by atoms with E-state index < -0.39 is 0 Å². The van der Waals surface area contributed by atoms with Crippen LogP contribution in [0.1, 0.15) is 85.3 Å². The van der Waals surface area contributed by atoms with Crippen LogP contribution in [0.25, 0.3) is 0 Å². The van der Waals surface area contributed by atoms with Crippen molar-refractivity contribution in [1.29, 1.82) is 0 Å². The lowest BCUT2D eigenvalue weighted by atomic mass is 9.27. The second-order valence-corrected chi connectivity index (χ2v) is 11.3. The van der Waals surface area contributed by atoms with E-state index in [0.29, 0.717) is 17.9 Å². The summed E-state index contributed by atoms with van der Waals surface area (Å²) >= 11 is 0. The maximum absolute atomic E-state index is 2.67. The van der Waals surface area contributed by atoms with Crippen LogP contribution in [0.3, 0.4) is 0 Å². The van der Waals surface area contributed by atoms with Crippen molar-refractivity contribution in [2.75, 3.05) is 0 Å². The fraction of sp³-hybridized carbons (Fsp3) is 0.548. The molecule has 170 valence electrons. The van der Waals surface area contributed by atoms with Gasteiger partial charge in [0.15, 0.2) is 0 Å². The molecule has 2 aromatic carbocycles. The molecule has 0 amide bonds. The second kappa shape index (κ2) is 9.24. The smallest absolute Gasteiger partial charge is 0.0848 e. The number of aryl methyl sites for hydroxylation is 6. The summed E-state index contributed by atoms with van der Waals surface area (Å²) in [5.41, 5.74) is 12.3. The van der Waals surface area contributed by atoms with Crippen molar-refractivity contribution < 1.29 is 0 Å². The van der Waals surface area contributed by atoms with Crippen LogP contribution >= 0.6 is 0 Å². The quantitative estimate of drug-likeness (QED) is 0.234. The van der Waals surface area contributed by atoms with Crippen molar-refractivity contribution in [3.63, 3.8) is 0 Å². The standard InChI is InChI=1S/C31H43B/c1-8-9-10-11-28(31-14-12-27(20-31)13-15-31)32(29-23(4)16-21(2)17-24(29)5)30-25(6)18-22(3)19-26(30)7/h12,14,16-19,27-28H,8-11,13,15,20H2,1-7H3. The van der Waals surface area contributed by atoms with Gasteiger partial charge < -0.3 is 0 Å². The lowest BCUT2D eigenvalue weighted by Gasteiger charge is -2.41. The Bertz CT molecular complexity index is 910.